The number of amides is 1. The Morgan fingerprint density at radius 2 is 2.25 bits per heavy atom. The third-order valence-corrected chi connectivity index (χ3v) is 3.23. The zero-order valence-corrected chi connectivity index (χ0v) is 10.1. The maximum atomic E-state index is 11.7. The number of carbonyl (C=O) groups excluding carboxylic acids is 1. The molecule has 1 aliphatic heterocycles. The van der Waals surface area contributed by atoms with E-state index in [2.05, 4.69) is 5.32 Å². The van der Waals surface area contributed by atoms with Crippen molar-refractivity contribution in [3.8, 4) is 5.75 Å². The molecule has 1 aromatic carbocycles. The van der Waals surface area contributed by atoms with Crippen LogP contribution in [0.4, 0.5) is 5.69 Å². The van der Waals surface area contributed by atoms with Crippen LogP contribution in [-0.4, -0.2) is 13.0 Å². The highest BCUT2D eigenvalue weighted by molar-refractivity contribution is 6.32. The minimum absolute atomic E-state index is 0.0390. The number of anilines is 1. The lowest BCUT2D eigenvalue weighted by Crippen LogP contribution is -2.18. The Bertz CT molecular complexity index is 431. The largest absolute Gasteiger partial charge is 0.495 e. The molecule has 2 rings (SSSR count). The summed E-state index contributed by atoms with van der Waals surface area (Å²) in [5, 5.41) is 3.48. The number of carbonyl (C=O) groups is 1. The van der Waals surface area contributed by atoms with Crippen molar-refractivity contribution >= 4 is 23.2 Å². The molecule has 0 spiro atoms. The number of nitrogens with one attached hydrogen (secondary N) is 1. The molecule has 3 nitrogen and oxygen atoms in total. The number of fused-ring (bicyclic) bond motifs is 1. The summed E-state index contributed by atoms with van der Waals surface area (Å²) in [5.74, 6) is 0.690. The minimum atomic E-state index is 0.0390. The molecule has 1 N–H and O–H groups in total. The van der Waals surface area contributed by atoms with Crippen molar-refractivity contribution in [2.45, 2.75) is 19.8 Å². The summed E-state index contributed by atoms with van der Waals surface area (Å²) >= 11 is 6.05. The second-order valence-electron chi connectivity index (χ2n) is 4.07. The van der Waals surface area contributed by atoms with Gasteiger partial charge in [-0.2, -0.15) is 0 Å². The summed E-state index contributed by atoms with van der Waals surface area (Å²) in [4.78, 5) is 11.7. The van der Waals surface area contributed by atoms with E-state index >= 15 is 0 Å². The summed E-state index contributed by atoms with van der Waals surface area (Å²) in [6.07, 6.45) is 1.71. The first-order chi connectivity index (χ1) is 7.61. The summed E-state index contributed by atoms with van der Waals surface area (Å²) in [6, 6.07) is 3.65. The molecule has 0 aliphatic carbocycles. The third kappa shape index (κ3) is 2.00. The van der Waals surface area contributed by atoms with Gasteiger partial charge in [0.25, 0.3) is 0 Å². The van der Waals surface area contributed by atoms with Crippen LogP contribution in [0.2, 0.25) is 5.02 Å². The Morgan fingerprint density at radius 3 is 2.94 bits per heavy atom. The number of aryl methyl sites for hydroxylation is 1. The Morgan fingerprint density at radius 1 is 1.50 bits per heavy atom. The van der Waals surface area contributed by atoms with Gasteiger partial charge in [0.1, 0.15) is 5.75 Å². The second kappa shape index (κ2) is 4.34. The molecule has 0 aromatic heterocycles. The first kappa shape index (κ1) is 11.3. The van der Waals surface area contributed by atoms with Crippen molar-refractivity contribution in [2.24, 2.45) is 5.92 Å². The lowest BCUT2D eigenvalue weighted by Gasteiger charge is -2.10. The Labute approximate surface area is 99.7 Å². The molecule has 4 heteroatoms. The van der Waals surface area contributed by atoms with Gasteiger partial charge in [-0.15, -0.1) is 0 Å². The predicted octanol–water partition coefficient (Wildman–Crippen LogP) is 2.87. The zero-order valence-electron chi connectivity index (χ0n) is 9.34. The van der Waals surface area contributed by atoms with E-state index in [0.29, 0.717) is 10.8 Å². The smallest absolute Gasteiger partial charge is 0.227 e. The SMILES string of the molecule is COc1cc2c(cc1Cl)CCC(C)C(=O)N2. The second-order valence-corrected chi connectivity index (χ2v) is 4.48. The van der Waals surface area contributed by atoms with Crippen molar-refractivity contribution in [1.29, 1.82) is 0 Å². The topological polar surface area (TPSA) is 38.3 Å². The molecule has 1 heterocycles. The highest BCUT2D eigenvalue weighted by Gasteiger charge is 2.20. The van der Waals surface area contributed by atoms with Crippen LogP contribution in [0, 0.1) is 5.92 Å². The van der Waals surface area contributed by atoms with Crippen LogP contribution >= 0.6 is 11.6 Å². The van der Waals surface area contributed by atoms with E-state index in [1.54, 1.807) is 13.2 Å². The average Bonchev–Trinajstić information content (AvgIpc) is 2.39. The third-order valence-electron chi connectivity index (χ3n) is 2.93. The quantitative estimate of drug-likeness (QED) is 0.819. The maximum Gasteiger partial charge on any atom is 0.227 e. The first-order valence-corrected chi connectivity index (χ1v) is 5.67. The van der Waals surface area contributed by atoms with Gasteiger partial charge >= 0.3 is 0 Å². The van der Waals surface area contributed by atoms with Crippen molar-refractivity contribution in [1.82, 2.24) is 0 Å². The van der Waals surface area contributed by atoms with E-state index in [0.717, 1.165) is 24.1 Å². The van der Waals surface area contributed by atoms with Crippen LogP contribution in [0.5, 0.6) is 5.75 Å². The maximum absolute atomic E-state index is 11.7. The molecule has 0 radical (unpaired) electrons. The molecular formula is C12H14ClNO2. The van der Waals surface area contributed by atoms with Gasteiger partial charge < -0.3 is 10.1 Å². The van der Waals surface area contributed by atoms with Crippen LogP contribution in [0.25, 0.3) is 0 Å². The number of rotatable bonds is 1. The molecule has 86 valence electrons. The van der Waals surface area contributed by atoms with E-state index < -0.39 is 0 Å². The average molecular weight is 240 g/mol. The first-order valence-electron chi connectivity index (χ1n) is 5.29. The van der Waals surface area contributed by atoms with Gasteiger partial charge in [-0.3, -0.25) is 4.79 Å². The predicted molar refractivity (Wildman–Crippen MR) is 64.1 cm³/mol. The van der Waals surface area contributed by atoms with Crippen LogP contribution < -0.4 is 10.1 Å². The number of hydrogen-bond donors (Lipinski definition) is 1. The molecule has 1 aromatic rings. The summed E-state index contributed by atoms with van der Waals surface area (Å²) in [6.45, 7) is 1.93. The number of halogens is 1. The highest BCUT2D eigenvalue weighted by Crippen LogP contribution is 2.34. The molecule has 0 saturated heterocycles. The van der Waals surface area contributed by atoms with Gasteiger partial charge in [0.2, 0.25) is 5.91 Å². The number of benzene rings is 1. The summed E-state index contributed by atoms with van der Waals surface area (Å²) < 4.78 is 5.13. The van der Waals surface area contributed by atoms with Gasteiger partial charge in [0.15, 0.2) is 0 Å². The fraction of sp³-hybridized carbons (Fsp3) is 0.417. The van der Waals surface area contributed by atoms with Crippen molar-refractivity contribution in [3.05, 3.63) is 22.7 Å². The fourth-order valence-corrected chi connectivity index (χ4v) is 2.10. The lowest BCUT2D eigenvalue weighted by atomic mass is 10.0. The molecule has 0 fully saturated rings. The van der Waals surface area contributed by atoms with E-state index in [9.17, 15) is 4.79 Å². The van der Waals surface area contributed by atoms with Crippen molar-refractivity contribution in [2.75, 3.05) is 12.4 Å². The van der Waals surface area contributed by atoms with Crippen molar-refractivity contribution < 1.29 is 9.53 Å². The van der Waals surface area contributed by atoms with Gasteiger partial charge in [-0.25, -0.2) is 0 Å². The van der Waals surface area contributed by atoms with Crippen LogP contribution in [0.15, 0.2) is 12.1 Å². The Balaban J connectivity index is 2.42. The van der Waals surface area contributed by atoms with Gasteiger partial charge in [-0.1, -0.05) is 18.5 Å². The summed E-state index contributed by atoms with van der Waals surface area (Å²) in [5.41, 5.74) is 1.89. The van der Waals surface area contributed by atoms with E-state index in [1.165, 1.54) is 0 Å². The molecule has 1 atom stereocenters. The number of ether oxygens (including phenoxy) is 1. The van der Waals surface area contributed by atoms with Gasteiger partial charge in [0, 0.05) is 17.7 Å². The van der Waals surface area contributed by atoms with Gasteiger partial charge in [-0.05, 0) is 24.5 Å². The zero-order chi connectivity index (χ0) is 11.7. The fourth-order valence-electron chi connectivity index (χ4n) is 1.83. The molecule has 1 amide bonds. The van der Waals surface area contributed by atoms with Crippen molar-refractivity contribution in [3.63, 3.8) is 0 Å². The van der Waals surface area contributed by atoms with Crippen LogP contribution in [0.1, 0.15) is 18.9 Å². The highest BCUT2D eigenvalue weighted by atomic mass is 35.5. The molecule has 0 bridgehead atoms. The number of hydrogen-bond acceptors (Lipinski definition) is 2. The van der Waals surface area contributed by atoms with E-state index in [-0.39, 0.29) is 11.8 Å². The molecule has 0 saturated carbocycles. The molecule has 1 unspecified atom stereocenters. The summed E-state index contributed by atoms with van der Waals surface area (Å²) in [7, 11) is 1.56. The monoisotopic (exact) mass is 239 g/mol. The van der Waals surface area contributed by atoms with E-state index in [1.807, 2.05) is 13.0 Å². The minimum Gasteiger partial charge on any atom is -0.495 e. The lowest BCUT2D eigenvalue weighted by molar-refractivity contribution is -0.119. The Kier molecular flexibility index (Phi) is 3.06. The molecule has 16 heavy (non-hydrogen) atoms. The van der Waals surface area contributed by atoms with Crippen LogP contribution in [-0.2, 0) is 11.2 Å². The number of methoxy groups -OCH3 is 1. The molecule has 1 aliphatic rings. The Hall–Kier alpha value is -1.22. The van der Waals surface area contributed by atoms with Crippen LogP contribution in [0.3, 0.4) is 0 Å². The van der Waals surface area contributed by atoms with Gasteiger partial charge in [0.05, 0.1) is 12.1 Å². The van der Waals surface area contributed by atoms with E-state index in [4.69, 9.17) is 16.3 Å². The molecular weight excluding hydrogens is 226 g/mol. The standard InChI is InChI=1S/C12H14ClNO2/c1-7-3-4-8-5-9(13)11(16-2)6-10(8)14-12(7)15/h5-7H,3-4H2,1-2H3,(H,14,15). The normalized spacial score (nSPS) is 19.7.